The minimum Gasteiger partial charge on any atom is -0.454 e. The van der Waals surface area contributed by atoms with Crippen molar-refractivity contribution >= 4 is 17.5 Å². The van der Waals surface area contributed by atoms with Crippen molar-refractivity contribution in [2.75, 3.05) is 17.4 Å². The highest BCUT2D eigenvalue weighted by Crippen LogP contribution is 2.40. The molecule has 1 aromatic heterocycles. The average Bonchev–Trinajstić information content (AvgIpc) is 3.41. The van der Waals surface area contributed by atoms with Crippen LogP contribution in [0, 0.1) is 0 Å². The van der Waals surface area contributed by atoms with Gasteiger partial charge in [-0.2, -0.15) is 4.98 Å². The monoisotopic (exact) mass is 352 g/mol. The van der Waals surface area contributed by atoms with E-state index in [-0.39, 0.29) is 6.79 Å². The van der Waals surface area contributed by atoms with Crippen LogP contribution in [0.1, 0.15) is 56.6 Å². The van der Waals surface area contributed by atoms with Gasteiger partial charge >= 0.3 is 0 Å². The molecule has 0 radical (unpaired) electrons. The Labute approximate surface area is 153 Å². The minimum absolute atomic E-state index is 0.285. The third-order valence-electron chi connectivity index (χ3n) is 5.32. The molecule has 1 aromatic carbocycles. The molecule has 0 unspecified atom stereocenters. The molecule has 2 N–H and O–H groups in total. The number of hydrogen-bond donors (Lipinski definition) is 2. The Kier molecular flexibility index (Phi) is 4.03. The summed E-state index contributed by atoms with van der Waals surface area (Å²) in [5, 5.41) is 6.97. The summed E-state index contributed by atoms with van der Waals surface area (Å²) in [4.78, 5) is 9.50. The quantitative estimate of drug-likeness (QED) is 0.821. The molecule has 5 rings (SSSR count). The first-order valence-electron chi connectivity index (χ1n) is 9.66. The van der Waals surface area contributed by atoms with Crippen molar-refractivity contribution in [2.45, 2.75) is 56.9 Å². The summed E-state index contributed by atoms with van der Waals surface area (Å²) < 4.78 is 10.8. The molecule has 6 nitrogen and oxygen atoms in total. The van der Waals surface area contributed by atoms with Crippen LogP contribution in [0.3, 0.4) is 0 Å². The van der Waals surface area contributed by atoms with Gasteiger partial charge in [-0.15, -0.1) is 0 Å². The van der Waals surface area contributed by atoms with E-state index in [0.29, 0.717) is 12.0 Å². The normalized spacial score (nSPS) is 19.4. The van der Waals surface area contributed by atoms with Gasteiger partial charge < -0.3 is 20.1 Å². The fraction of sp³-hybridized carbons (Fsp3) is 0.500. The lowest BCUT2D eigenvalue weighted by atomic mass is 9.96. The van der Waals surface area contributed by atoms with Crippen molar-refractivity contribution in [3.8, 4) is 11.5 Å². The van der Waals surface area contributed by atoms with Crippen molar-refractivity contribution < 1.29 is 9.47 Å². The fourth-order valence-electron chi connectivity index (χ4n) is 3.73. The topological polar surface area (TPSA) is 68.3 Å². The summed E-state index contributed by atoms with van der Waals surface area (Å²) in [6.45, 7) is 0.285. The number of benzene rings is 1. The summed E-state index contributed by atoms with van der Waals surface area (Å²) in [6.07, 6.45) is 8.80. The van der Waals surface area contributed by atoms with Crippen molar-refractivity contribution in [1.29, 1.82) is 0 Å². The Bertz CT molecular complexity index is 800. The summed E-state index contributed by atoms with van der Waals surface area (Å²) in [5.74, 6) is 3.73. The number of rotatable bonds is 5. The van der Waals surface area contributed by atoms with Gasteiger partial charge in [0.05, 0.1) is 5.69 Å². The van der Waals surface area contributed by atoms with Crippen molar-refractivity contribution in [1.82, 2.24) is 9.97 Å². The van der Waals surface area contributed by atoms with E-state index in [2.05, 4.69) is 16.7 Å². The van der Waals surface area contributed by atoms with E-state index < -0.39 is 0 Å². The Balaban J connectivity index is 1.38. The molecule has 0 saturated heterocycles. The van der Waals surface area contributed by atoms with Crippen LogP contribution in [0.15, 0.2) is 24.3 Å². The van der Waals surface area contributed by atoms with Crippen LogP contribution < -0.4 is 20.1 Å². The molecule has 0 atom stereocenters. The molecule has 6 heteroatoms. The number of fused-ring (bicyclic) bond motifs is 1. The zero-order chi connectivity index (χ0) is 17.3. The molecule has 2 aromatic rings. The molecular weight excluding hydrogens is 328 g/mol. The lowest BCUT2D eigenvalue weighted by molar-refractivity contribution is 0.174. The standard InChI is InChI=1S/C20H24N4O2/c1-2-4-14(5-3-1)22-20-23-16(13-6-7-13)11-19(24-20)21-15-8-9-17-18(10-15)26-12-25-17/h8-11,13-14H,1-7,12H2,(H2,21,22,23,24). The van der Waals surface area contributed by atoms with E-state index in [1.807, 2.05) is 18.2 Å². The molecule has 3 aliphatic rings. The summed E-state index contributed by atoms with van der Waals surface area (Å²) in [7, 11) is 0. The lowest BCUT2D eigenvalue weighted by Crippen LogP contribution is -2.23. The molecular formula is C20H24N4O2. The highest BCUT2D eigenvalue weighted by atomic mass is 16.7. The number of nitrogens with one attached hydrogen (secondary N) is 2. The van der Waals surface area contributed by atoms with E-state index in [0.717, 1.165) is 34.6 Å². The maximum atomic E-state index is 5.47. The summed E-state index contributed by atoms with van der Waals surface area (Å²) >= 11 is 0. The third kappa shape index (κ3) is 3.41. The van der Waals surface area contributed by atoms with E-state index >= 15 is 0 Å². The van der Waals surface area contributed by atoms with Gasteiger partial charge in [-0.05, 0) is 37.8 Å². The molecule has 2 fully saturated rings. The van der Waals surface area contributed by atoms with E-state index in [9.17, 15) is 0 Å². The van der Waals surface area contributed by atoms with Crippen molar-refractivity contribution in [3.63, 3.8) is 0 Å². The van der Waals surface area contributed by atoms with Gasteiger partial charge in [-0.25, -0.2) is 4.98 Å². The SMILES string of the molecule is c1cc2c(cc1Nc1cc(C3CC3)nc(NC3CCCCC3)n1)OCO2. The fourth-order valence-corrected chi connectivity index (χ4v) is 3.73. The van der Waals surface area contributed by atoms with E-state index in [4.69, 9.17) is 19.4 Å². The Hall–Kier alpha value is -2.50. The van der Waals surface area contributed by atoms with Crippen LogP contribution in [0.4, 0.5) is 17.5 Å². The van der Waals surface area contributed by atoms with Gasteiger partial charge in [0.15, 0.2) is 11.5 Å². The summed E-state index contributed by atoms with van der Waals surface area (Å²) in [6, 6.07) is 8.44. The van der Waals surface area contributed by atoms with Crippen LogP contribution in [-0.2, 0) is 0 Å². The number of ether oxygens (including phenoxy) is 2. The molecule has 2 saturated carbocycles. The van der Waals surface area contributed by atoms with Crippen LogP contribution >= 0.6 is 0 Å². The first-order valence-corrected chi connectivity index (χ1v) is 9.66. The second-order valence-corrected chi connectivity index (χ2v) is 7.45. The number of hydrogen-bond acceptors (Lipinski definition) is 6. The zero-order valence-corrected chi connectivity index (χ0v) is 14.8. The minimum atomic E-state index is 0.285. The van der Waals surface area contributed by atoms with Crippen LogP contribution in [0.2, 0.25) is 0 Å². The summed E-state index contributed by atoms with van der Waals surface area (Å²) in [5.41, 5.74) is 2.08. The second-order valence-electron chi connectivity index (χ2n) is 7.45. The van der Waals surface area contributed by atoms with Gasteiger partial charge in [-0.1, -0.05) is 19.3 Å². The van der Waals surface area contributed by atoms with Crippen LogP contribution in [0.5, 0.6) is 11.5 Å². The molecule has 0 amide bonds. The maximum absolute atomic E-state index is 5.47. The predicted octanol–water partition coefficient (Wildman–Crippen LogP) is 4.57. The number of anilines is 3. The van der Waals surface area contributed by atoms with Gasteiger partial charge in [0, 0.05) is 29.8 Å². The van der Waals surface area contributed by atoms with Crippen LogP contribution in [-0.4, -0.2) is 22.8 Å². The maximum Gasteiger partial charge on any atom is 0.231 e. The zero-order valence-electron chi connectivity index (χ0n) is 14.8. The second kappa shape index (κ2) is 6.67. The molecule has 2 aliphatic carbocycles. The Morgan fingerprint density at radius 1 is 0.885 bits per heavy atom. The van der Waals surface area contributed by atoms with E-state index in [1.165, 1.54) is 44.9 Å². The Morgan fingerprint density at radius 3 is 2.58 bits per heavy atom. The largest absolute Gasteiger partial charge is 0.454 e. The molecule has 0 bridgehead atoms. The molecule has 26 heavy (non-hydrogen) atoms. The molecule has 0 spiro atoms. The highest BCUT2D eigenvalue weighted by molar-refractivity contribution is 5.63. The average molecular weight is 352 g/mol. The van der Waals surface area contributed by atoms with Gasteiger partial charge in [0.2, 0.25) is 12.7 Å². The highest BCUT2D eigenvalue weighted by Gasteiger charge is 2.27. The van der Waals surface area contributed by atoms with Gasteiger partial charge in [0.1, 0.15) is 5.82 Å². The van der Waals surface area contributed by atoms with E-state index in [1.54, 1.807) is 0 Å². The first-order chi connectivity index (χ1) is 12.8. The molecule has 2 heterocycles. The van der Waals surface area contributed by atoms with Gasteiger partial charge in [0.25, 0.3) is 0 Å². The first kappa shape index (κ1) is 15.7. The smallest absolute Gasteiger partial charge is 0.231 e. The Morgan fingerprint density at radius 2 is 1.73 bits per heavy atom. The third-order valence-corrected chi connectivity index (χ3v) is 5.32. The van der Waals surface area contributed by atoms with Crippen molar-refractivity contribution in [3.05, 3.63) is 30.0 Å². The number of nitrogens with zero attached hydrogens (tertiary/aromatic N) is 2. The molecule has 136 valence electrons. The van der Waals surface area contributed by atoms with Crippen molar-refractivity contribution in [2.24, 2.45) is 0 Å². The predicted molar refractivity (Wildman–Crippen MR) is 100 cm³/mol. The lowest BCUT2D eigenvalue weighted by Gasteiger charge is -2.23. The van der Waals surface area contributed by atoms with Crippen LogP contribution in [0.25, 0.3) is 0 Å². The van der Waals surface area contributed by atoms with Gasteiger partial charge in [-0.3, -0.25) is 0 Å². The molecule has 1 aliphatic heterocycles. The number of aromatic nitrogens is 2.